The zero-order valence-electron chi connectivity index (χ0n) is 17.7. The van der Waals surface area contributed by atoms with Gasteiger partial charge in [0.1, 0.15) is 12.4 Å². The fourth-order valence-electron chi connectivity index (χ4n) is 4.49. The van der Waals surface area contributed by atoms with E-state index in [9.17, 15) is 4.79 Å². The third-order valence-electron chi connectivity index (χ3n) is 5.92. The van der Waals surface area contributed by atoms with Crippen LogP contribution in [0.1, 0.15) is 34.7 Å². The largest absolute Gasteiger partial charge is 0.475 e. The van der Waals surface area contributed by atoms with Gasteiger partial charge in [-0.3, -0.25) is 9.78 Å². The summed E-state index contributed by atoms with van der Waals surface area (Å²) in [5.74, 6) is 1.63. The number of rotatable bonds is 8. The van der Waals surface area contributed by atoms with Crippen LogP contribution in [-0.2, 0) is 27.2 Å². The summed E-state index contributed by atoms with van der Waals surface area (Å²) in [7, 11) is 3.78. The summed E-state index contributed by atoms with van der Waals surface area (Å²) in [4.78, 5) is 24.1. The molecule has 0 amide bonds. The Bertz CT molecular complexity index is 913. The Morgan fingerprint density at radius 1 is 1.20 bits per heavy atom. The lowest BCUT2D eigenvalue weighted by molar-refractivity contribution is -0.119. The molecule has 1 aromatic heterocycles. The zero-order valence-corrected chi connectivity index (χ0v) is 17.7. The Balaban J connectivity index is 1.37. The van der Waals surface area contributed by atoms with Crippen molar-refractivity contribution in [2.75, 3.05) is 40.5 Å². The minimum atomic E-state index is 0.249. The molecule has 4 rings (SSSR count). The van der Waals surface area contributed by atoms with Gasteiger partial charge < -0.3 is 14.4 Å². The van der Waals surface area contributed by atoms with Gasteiger partial charge in [0.05, 0.1) is 18.7 Å². The number of benzene rings is 1. The van der Waals surface area contributed by atoms with Crippen LogP contribution in [0.5, 0.6) is 0 Å². The number of likely N-dealkylation sites (tertiary alicyclic amines) is 1. The van der Waals surface area contributed by atoms with Gasteiger partial charge in [-0.2, -0.15) is 0 Å². The predicted octanol–water partition coefficient (Wildman–Crippen LogP) is 2.85. The van der Waals surface area contributed by atoms with E-state index < -0.39 is 0 Å². The van der Waals surface area contributed by atoms with E-state index in [2.05, 4.69) is 46.2 Å². The number of carbonyl (C=O) groups excluding carboxylic acids is 1. The zero-order chi connectivity index (χ0) is 20.9. The van der Waals surface area contributed by atoms with E-state index >= 15 is 0 Å². The van der Waals surface area contributed by atoms with E-state index in [1.54, 1.807) is 13.3 Å². The monoisotopic (exact) mass is 407 g/mol. The second-order valence-electron chi connectivity index (χ2n) is 8.21. The Labute approximate surface area is 177 Å². The molecule has 6 heteroatoms. The van der Waals surface area contributed by atoms with Crippen molar-refractivity contribution >= 4 is 11.7 Å². The summed E-state index contributed by atoms with van der Waals surface area (Å²) in [6.45, 7) is 3.52. The summed E-state index contributed by atoms with van der Waals surface area (Å²) < 4.78 is 10.7. The van der Waals surface area contributed by atoms with E-state index in [4.69, 9.17) is 9.47 Å². The topological polar surface area (TPSA) is 64.0 Å². The number of ether oxygens (including phenoxy) is 2. The molecule has 0 N–H and O–H groups in total. The molecule has 2 aliphatic heterocycles. The maximum absolute atomic E-state index is 12.9. The highest BCUT2D eigenvalue weighted by Crippen LogP contribution is 2.34. The standard InChI is InChI=1S/C24H29N3O3/c1-27-15-19(23(16-27)17-6-4-3-5-7-17)11-21(28)12-20-10-18-13-26-24(22(18)14-25-20)30-9-8-29-2/h3-7,10,14,19,23H,8-9,11-13,15-16H2,1-2H3/t19-,23+/m1/s1. The van der Waals surface area contributed by atoms with Gasteiger partial charge in [-0.1, -0.05) is 30.3 Å². The number of aromatic nitrogens is 1. The normalized spacial score (nSPS) is 20.8. The van der Waals surface area contributed by atoms with E-state index in [-0.39, 0.29) is 5.78 Å². The summed E-state index contributed by atoms with van der Waals surface area (Å²) >= 11 is 0. The molecule has 3 heterocycles. The van der Waals surface area contributed by atoms with Crippen molar-refractivity contribution in [3.8, 4) is 0 Å². The number of nitrogens with zero attached hydrogens (tertiary/aromatic N) is 3. The molecule has 1 aromatic carbocycles. The highest BCUT2D eigenvalue weighted by atomic mass is 16.5. The molecule has 0 saturated carbocycles. The van der Waals surface area contributed by atoms with Crippen molar-refractivity contribution in [2.24, 2.45) is 10.9 Å². The highest BCUT2D eigenvalue weighted by molar-refractivity contribution is 5.97. The quantitative estimate of drug-likeness (QED) is 0.630. The number of hydrogen-bond acceptors (Lipinski definition) is 6. The number of likely N-dealkylation sites (N-methyl/N-ethyl adjacent to an activating group) is 1. The number of methoxy groups -OCH3 is 1. The van der Waals surface area contributed by atoms with E-state index in [0.29, 0.717) is 50.3 Å². The Hall–Kier alpha value is -2.57. The van der Waals surface area contributed by atoms with Crippen LogP contribution in [0, 0.1) is 5.92 Å². The molecule has 2 aromatic rings. The first-order chi connectivity index (χ1) is 14.6. The number of carbonyl (C=O) groups is 1. The number of hydrogen-bond donors (Lipinski definition) is 0. The van der Waals surface area contributed by atoms with Crippen LogP contribution in [0.25, 0.3) is 0 Å². The van der Waals surface area contributed by atoms with Crippen molar-refractivity contribution < 1.29 is 14.3 Å². The van der Waals surface area contributed by atoms with Gasteiger partial charge in [0, 0.05) is 50.8 Å². The van der Waals surface area contributed by atoms with Gasteiger partial charge in [0.2, 0.25) is 5.90 Å². The summed E-state index contributed by atoms with van der Waals surface area (Å²) in [5.41, 5.74) is 4.13. The molecule has 0 aliphatic carbocycles. The van der Waals surface area contributed by atoms with Crippen LogP contribution in [-0.4, -0.2) is 62.0 Å². The average molecular weight is 408 g/mol. The lowest BCUT2D eigenvalue weighted by Gasteiger charge is -2.18. The first-order valence-electron chi connectivity index (χ1n) is 10.5. The summed E-state index contributed by atoms with van der Waals surface area (Å²) in [5, 5.41) is 0. The second kappa shape index (κ2) is 9.49. The molecule has 30 heavy (non-hydrogen) atoms. The molecule has 0 bridgehead atoms. The van der Waals surface area contributed by atoms with Crippen molar-refractivity contribution in [3.05, 3.63) is 65.0 Å². The Kier molecular flexibility index (Phi) is 6.55. The van der Waals surface area contributed by atoms with Crippen molar-refractivity contribution in [1.29, 1.82) is 0 Å². The van der Waals surface area contributed by atoms with Crippen LogP contribution < -0.4 is 0 Å². The maximum atomic E-state index is 12.9. The number of ketones is 1. The van der Waals surface area contributed by atoms with Gasteiger partial charge in [-0.25, -0.2) is 4.99 Å². The van der Waals surface area contributed by atoms with Crippen molar-refractivity contribution in [3.63, 3.8) is 0 Å². The van der Waals surface area contributed by atoms with Crippen LogP contribution >= 0.6 is 0 Å². The third kappa shape index (κ3) is 4.77. The second-order valence-corrected chi connectivity index (χ2v) is 8.21. The number of aliphatic imine (C=N–C) groups is 1. The molecular formula is C24H29N3O3. The van der Waals surface area contributed by atoms with Gasteiger partial charge in [-0.15, -0.1) is 0 Å². The van der Waals surface area contributed by atoms with Gasteiger partial charge in [0.25, 0.3) is 0 Å². The fourth-order valence-corrected chi connectivity index (χ4v) is 4.49. The van der Waals surface area contributed by atoms with Crippen LogP contribution in [0.15, 0.2) is 47.6 Å². The smallest absolute Gasteiger partial charge is 0.218 e. The van der Waals surface area contributed by atoms with Crippen molar-refractivity contribution in [2.45, 2.75) is 25.3 Å². The van der Waals surface area contributed by atoms with E-state index in [1.807, 2.05) is 12.1 Å². The van der Waals surface area contributed by atoms with Gasteiger partial charge >= 0.3 is 0 Å². The van der Waals surface area contributed by atoms with Gasteiger partial charge in [-0.05, 0) is 30.2 Å². The maximum Gasteiger partial charge on any atom is 0.218 e. The predicted molar refractivity (Wildman–Crippen MR) is 116 cm³/mol. The SMILES string of the molecule is COCCOC1=NCc2cc(CC(=O)C[C@@H]3CN(C)C[C@H]3c3ccccc3)ncc21. The number of Topliss-reactive ketones (excluding diaryl/α,β-unsaturated/α-hetero) is 1. The molecule has 0 spiro atoms. The van der Waals surface area contributed by atoms with E-state index in [0.717, 1.165) is 29.9 Å². The van der Waals surface area contributed by atoms with E-state index in [1.165, 1.54) is 5.56 Å². The summed E-state index contributed by atoms with van der Waals surface area (Å²) in [6.07, 6.45) is 2.74. The fraction of sp³-hybridized carbons (Fsp3) is 0.458. The lowest BCUT2D eigenvalue weighted by atomic mass is 9.85. The van der Waals surface area contributed by atoms with Crippen LogP contribution in [0.2, 0.25) is 0 Å². The van der Waals surface area contributed by atoms with Crippen LogP contribution in [0.4, 0.5) is 0 Å². The molecule has 1 fully saturated rings. The summed E-state index contributed by atoms with van der Waals surface area (Å²) in [6, 6.07) is 12.6. The Morgan fingerprint density at radius 3 is 2.83 bits per heavy atom. The van der Waals surface area contributed by atoms with Crippen LogP contribution in [0.3, 0.4) is 0 Å². The Morgan fingerprint density at radius 2 is 2.03 bits per heavy atom. The first-order valence-corrected chi connectivity index (χ1v) is 10.5. The molecule has 0 radical (unpaired) electrons. The molecule has 158 valence electrons. The third-order valence-corrected chi connectivity index (χ3v) is 5.92. The molecule has 6 nitrogen and oxygen atoms in total. The average Bonchev–Trinajstić information content (AvgIpc) is 3.31. The number of fused-ring (bicyclic) bond motifs is 1. The lowest BCUT2D eigenvalue weighted by Crippen LogP contribution is -2.18. The minimum Gasteiger partial charge on any atom is -0.475 e. The molecule has 0 unspecified atom stereocenters. The first kappa shape index (κ1) is 20.7. The highest BCUT2D eigenvalue weighted by Gasteiger charge is 2.33. The molecular weight excluding hydrogens is 378 g/mol. The molecule has 1 saturated heterocycles. The molecule has 2 aliphatic rings. The number of pyridine rings is 1. The molecule has 2 atom stereocenters. The van der Waals surface area contributed by atoms with Crippen molar-refractivity contribution in [1.82, 2.24) is 9.88 Å². The van der Waals surface area contributed by atoms with Gasteiger partial charge in [0.15, 0.2) is 0 Å². The minimum absolute atomic E-state index is 0.249.